The smallest absolute Gasteiger partial charge is 0.0650 e. The second kappa shape index (κ2) is 6.15. The van der Waals surface area contributed by atoms with Crippen LogP contribution in [-0.4, -0.2) is 31.9 Å². The van der Waals surface area contributed by atoms with Crippen molar-refractivity contribution in [1.29, 1.82) is 0 Å². The molecule has 1 aromatic carbocycles. The van der Waals surface area contributed by atoms with Gasteiger partial charge in [0.2, 0.25) is 0 Å². The molecule has 3 rings (SSSR count). The minimum absolute atomic E-state index is 0.905. The van der Waals surface area contributed by atoms with Crippen molar-refractivity contribution >= 4 is 0 Å². The van der Waals surface area contributed by atoms with Gasteiger partial charge in [0.15, 0.2) is 0 Å². The molecule has 0 aliphatic heterocycles. The Balaban J connectivity index is 1.64. The third-order valence-electron chi connectivity index (χ3n) is 3.77. The van der Waals surface area contributed by atoms with E-state index in [1.165, 1.54) is 11.1 Å². The summed E-state index contributed by atoms with van der Waals surface area (Å²) < 4.78 is 1.87. The standard InChI is InChI=1S/C17H21N5/c1-13-16(12-22(3)20-13)11-21(2)10-14-4-6-15(7-5-14)17-8-9-18-19-17/h4-9,12H,10-11H2,1-3H3,(H,18,19). The molecule has 0 fully saturated rings. The zero-order valence-corrected chi connectivity index (χ0v) is 13.2. The molecule has 0 aliphatic carbocycles. The van der Waals surface area contributed by atoms with E-state index in [-0.39, 0.29) is 0 Å². The van der Waals surface area contributed by atoms with Crippen LogP contribution in [0.3, 0.4) is 0 Å². The maximum absolute atomic E-state index is 4.39. The lowest BCUT2D eigenvalue weighted by atomic mass is 10.1. The minimum atomic E-state index is 0.905. The fourth-order valence-electron chi connectivity index (χ4n) is 2.67. The minimum Gasteiger partial charge on any atom is -0.298 e. The molecule has 0 atom stereocenters. The summed E-state index contributed by atoms with van der Waals surface area (Å²) in [6.07, 6.45) is 3.86. The van der Waals surface area contributed by atoms with Crippen molar-refractivity contribution in [3.63, 3.8) is 0 Å². The Kier molecular flexibility index (Phi) is 4.06. The number of aromatic amines is 1. The van der Waals surface area contributed by atoms with Crippen LogP contribution in [-0.2, 0) is 20.1 Å². The van der Waals surface area contributed by atoms with E-state index in [1.54, 1.807) is 6.20 Å². The van der Waals surface area contributed by atoms with E-state index in [2.05, 4.69) is 64.6 Å². The molecule has 0 radical (unpaired) electrons. The molecule has 0 amide bonds. The number of aryl methyl sites for hydroxylation is 2. The maximum atomic E-state index is 4.39. The topological polar surface area (TPSA) is 49.7 Å². The molecule has 0 unspecified atom stereocenters. The predicted octanol–water partition coefficient (Wildman–Crippen LogP) is 2.75. The Hall–Kier alpha value is -2.40. The number of benzene rings is 1. The van der Waals surface area contributed by atoms with Crippen LogP contribution in [0.2, 0.25) is 0 Å². The summed E-state index contributed by atoms with van der Waals surface area (Å²) in [5.74, 6) is 0. The van der Waals surface area contributed by atoms with Crippen LogP contribution in [0.4, 0.5) is 0 Å². The molecule has 5 heteroatoms. The third kappa shape index (κ3) is 3.26. The summed E-state index contributed by atoms with van der Waals surface area (Å²) >= 11 is 0. The van der Waals surface area contributed by atoms with Crippen molar-refractivity contribution in [2.24, 2.45) is 7.05 Å². The van der Waals surface area contributed by atoms with E-state index in [0.717, 1.165) is 30.0 Å². The summed E-state index contributed by atoms with van der Waals surface area (Å²) in [6.45, 7) is 3.88. The first-order chi connectivity index (χ1) is 10.6. The van der Waals surface area contributed by atoms with Crippen LogP contribution in [0.15, 0.2) is 42.7 Å². The zero-order chi connectivity index (χ0) is 15.5. The van der Waals surface area contributed by atoms with E-state index in [0.29, 0.717) is 0 Å². The number of nitrogens with zero attached hydrogens (tertiary/aromatic N) is 4. The van der Waals surface area contributed by atoms with Crippen LogP contribution in [0.5, 0.6) is 0 Å². The molecule has 0 aliphatic rings. The number of nitrogens with one attached hydrogen (secondary N) is 1. The Labute approximate surface area is 130 Å². The number of hydrogen-bond acceptors (Lipinski definition) is 3. The normalized spacial score (nSPS) is 11.3. The van der Waals surface area contributed by atoms with Gasteiger partial charge in [0.1, 0.15) is 0 Å². The van der Waals surface area contributed by atoms with Gasteiger partial charge < -0.3 is 0 Å². The number of hydrogen-bond donors (Lipinski definition) is 1. The van der Waals surface area contributed by atoms with Gasteiger partial charge in [-0.15, -0.1) is 0 Å². The van der Waals surface area contributed by atoms with Gasteiger partial charge in [-0.25, -0.2) is 0 Å². The second-order valence-electron chi connectivity index (χ2n) is 5.75. The molecular weight excluding hydrogens is 274 g/mol. The van der Waals surface area contributed by atoms with Crippen LogP contribution < -0.4 is 0 Å². The van der Waals surface area contributed by atoms with Gasteiger partial charge in [-0.3, -0.25) is 14.7 Å². The first-order valence-electron chi connectivity index (χ1n) is 7.38. The largest absolute Gasteiger partial charge is 0.298 e. The lowest BCUT2D eigenvalue weighted by molar-refractivity contribution is 0.318. The van der Waals surface area contributed by atoms with Crippen molar-refractivity contribution in [2.45, 2.75) is 20.0 Å². The maximum Gasteiger partial charge on any atom is 0.0650 e. The average molecular weight is 295 g/mol. The number of aromatic nitrogens is 4. The fourth-order valence-corrected chi connectivity index (χ4v) is 2.67. The molecule has 0 spiro atoms. The lowest BCUT2D eigenvalue weighted by Gasteiger charge is -2.16. The highest BCUT2D eigenvalue weighted by Gasteiger charge is 2.07. The SMILES string of the molecule is Cc1nn(C)cc1CN(C)Cc1ccc(-c2ccn[nH]2)cc1. The first-order valence-corrected chi connectivity index (χ1v) is 7.38. The van der Waals surface area contributed by atoms with E-state index in [4.69, 9.17) is 0 Å². The van der Waals surface area contributed by atoms with Crippen LogP contribution in [0, 0.1) is 6.92 Å². The quantitative estimate of drug-likeness (QED) is 0.787. The van der Waals surface area contributed by atoms with Crippen molar-refractivity contribution in [2.75, 3.05) is 7.05 Å². The molecule has 0 saturated heterocycles. The lowest BCUT2D eigenvalue weighted by Crippen LogP contribution is -2.17. The van der Waals surface area contributed by atoms with Gasteiger partial charge in [-0.05, 0) is 31.2 Å². The average Bonchev–Trinajstić information content (AvgIpc) is 3.10. The summed E-state index contributed by atoms with van der Waals surface area (Å²) in [5, 5.41) is 11.4. The number of rotatable bonds is 5. The van der Waals surface area contributed by atoms with Crippen molar-refractivity contribution in [3.8, 4) is 11.3 Å². The zero-order valence-electron chi connectivity index (χ0n) is 13.2. The molecule has 5 nitrogen and oxygen atoms in total. The summed E-state index contributed by atoms with van der Waals surface area (Å²) in [6, 6.07) is 10.6. The van der Waals surface area contributed by atoms with E-state index < -0.39 is 0 Å². The molecule has 2 heterocycles. The Bertz CT molecular complexity index is 725. The van der Waals surface area contributed by atoms with E-state index in [9.17, 15) is 0 Å². The van der Waals surface area contributed by atoms with Crippen molar-refractivity contribution in [1.82, 2.24) is 24.9 Å². The van der Waals surface area contributed by atoms with Gasteiger partial charge in [-0.1, -0.05) is 24.3 Å². The highest BCUT2D eigenvalue weighted by atomic mass is 15.3. The highest BCUT2D eigenvalue weighted by molar-refractivity contribution is 5.58. The van der Waals surface area contributed by atoms with Crippen molar-refractivity contribution < 1.29 is 0 Å². The van der Waals surface area contributed by atoms with Crippen LogP contribution in [0.25, 0.3) is 11.3 Å². The van der Waals surface area contributed by atoms with E-state index >= 15 is 0 Å². The second-order valence-corrected chi connectivity index (χ2v) is 5.75. The van der Waals surface area contributed by atoms with Gasteiger partial charge >= 0.3 is 0 Å². The molecule has 1 N–H and O–H groups in total. The van der Waals surface area contributed by atoms with Gasteiger partial charge in [0.05, 0.1) is 11.4 Å². The van der Waals surface area contributed by atoms with Gasteiger partial charge in [-0.2, -0.15) is 10.2 Å². The third-order valence-corrected chi connectivity index (χ3v) is 3.77. The Morgan fingerprint density at radius 2 is 1.91 bits per heavy atom. The van der Waals surface area contributed by atoms with Crippen LogP contribution >= 0.6 is 0 Å². The molecule has 0 bridgehead atoms. The summed E-state index contributed by atoms with van der Waals surface area (Å²) in [5.41, 5.74) is 5.88. The van der Waals surface area contributed by atoms with Crippen molar-refractivity contribution in [3.05, 3.63) is 59.5 Å². The molecule has 0 saturated carbocycles. The Morgan fingerprint density at radius 3 is 2.50 bits per heavy atom. The monoisotopic (exact) mass is 295 g/mol. The molecular formula is C17H21N5. The van der Waals surface area contributed by atoms with E-state index in [1.807, 2.05) is 17.8 Å². The highest BCUT2D eigenvalue weighted by Crippen LogP contribution is 2.18. The molecule has 22 heavy (non-hydrogen) atoms. The predicted molar refractivity (Wildman–Crippen MR) is 87.1 cm³/mol. The molecule has 3 aromatic rings. The summed E-state index contributed by atoms with van der Waals surface area (Å²) in [7, 11) is 4.10. The molecule has 114 valence electrons. The molecule has 2 aromatic heterocycles. The van der Waals surface area contributed by atoms with Gasteiger partial charge in [0.25, 0.3) is 0 Å². The van der Waals surface area contributed by atoms with Gasteiger partial charge in [0, 0.05) is 38.1 Å². The number of H-pyrrole nitrogens is 1. The Morgan fingerprint density at radius 1 is 1.14 bits per heavy atom. The van der Waals surface area contributed by atoms with Crippen LogP contribution in [0.1, 0.15) is 16.8 Å². The summed E-state index contributed by atoms with van der Waals surface area (Å²) in [4.78, 5) is 2.30. The first kappa shape index (κ1) is 14.5. The fraction of sp³-hybridized carbons (Fsp3) is 0.294.